The third-order valence-corrected chi connectivity index (χ3v) is 6.04. The summed E-state index contributed by atoms with van der Waals surface area (Å²) < 4.78 is 11.6. The van der Waals surface area contributed by atoms with Crippen LogP contribution in [0.15, 0.2) is 24.3 Å². The van der Waals surface area contributed by atoms with Crippen LogP contribution in [-0.4, -0.2) is 27.8 Å². The molecule has 0 bridgehead atoms. The summed E-state index contributed by atoms with van der Waals surface area (Å²) in [6.07, 6.45) is 0.639. The molecule has 8 heteroatoms. The predicted octanol–water partition coefficient (Wildman–Crippen LogP) is 6.21. The summed E-state index contributed by atoms with van der Waals surface area (Å²) in [5.41, 5.74) is -0.738. The zero-order chi connectivity index (χ0) is 22.4. The highest BCUT2D eigenvalue weighted by Crippen LogP contribution is 2.41. The molecule has 1 aliphatic heterocycles. The van der Waals surface area contributed by atoms with E-state index in [1.165, 1.54) is 6.07 Å². The van der Waals surface area contributed by atoms with Gasteiger partial charge in [0.05, 0.1) is 5.02 Å². The number of aromatic nitrogens is 1. The third kappa shape index (κ3) is 4.22. The van der Waals surface area contributed by atoms with E-state index < -0.39 is 17.1 Å². The van der Waals surface area contributed by atoms with Crippen molar-refractivity contribution in [3.8, 4) is 11.6 Å². The summed E-state index contributed by atoms with van der Waals surface area (Å²) in [4.78, 5) is 30.4. The van der Waals surface area contributed by atoms with Crippen LogP contribution in [-0.2, 0) is 20.7 Å². The topological polar surface area (TPSA) is 65.5 Å². The van der Waals surface area contributed by atoms with Crippen molar-refractivity contribution in [3.05, 3.63) is 50.6 Å². The molecule has 5 nitrogen and oxygen atoms in total. The van der Waals surface area contributed by atoms with Crippen LogP contribution in [0.5, 0.6) is 11.6 Å². The summed E-state index contributed by atoms with van der Waals surface area (Å²) in [5, 5.41) is 0.449. The first-order valence-corrected chi connectivity index (χ1v) is 10.6. The summed E-state index contributed by atoms with van der Waals surface area (Å²) in [7, 11) is 0. The number of carbonyl (C=O) groups excluding carboxylic acids is 2. The monoisotopic (exact) mass is 469 g/mol. The maximum absolute atomic E-state index is 13.2. The number of ether oxygens (including phenoxy) is 2. The van der Waals surface area contributed by atoms with Crippen molar-refractivity contribution >= 4 is 46.4 Å². The van der Waals surface area contributed by atoms with E-state index in [0.717, 1.165) is 5.56 Å². The predicted molar refractivity (Wildman–Crippen MR) is 117 cm³/mol. The zero-order valence-electron chi connectivity index (χ0n) is 17.3. The van der Waals surface area contributed by atoms with Crippen molar-refractivity contribution in [3.63, 3.8) is 0 Å². The van der Waals surface area contributed by atoms with Crippen LogP contribution in [0, 0.1) is 0 Å². The molecule has 0 amide bonds. The number of ketones is 2. The molecule has 0 spiro atoms. The Morgan fingerprint density at radius 2 is 1.60 bits per heavy atom. The Balaban J connectivity index is 2.08. The number of aryl methyl sites for hydroxylation is 1. The molecular formula is C22H22Cl3NO4. The number of rotatable bonds is 4. The minimum atomic E-state index is -1.10. The van der Waals surface area contributed by atoms with E-state index in [1.807, 2.05) is 13.0 Å². The van der Waals surface area contributed by atoms with Crippen LogP contribution in [0.25, 0.3) is 0 Å². The van der Waals surface area contributed by atoms with Gasteiger partial charge in [-0.1, -0.05) is 47.8 Å². The molecule has 1 aromatic carbocycles. The van der Waals surface area contributed by atoms with Gasteiger partial charge in [0.15, 0.2) is 16.7 Å². The quantitative estimate of drug-likeness (QED) is 0.393. The van der Waals surface area contributed by atoms with Crippen molar-refractivity contribution in [2.24, 2.45) is 0 Å². The minimum Gasteiger partial charge on any atom is -0.437 e. The molecule has 1 aliphatic rings. The number of pyridine rings is 1. The van der Waals surface area contributed by atoms with E-state index in [2.05, 4.69) is 4.98 Å². The highest BCUT2D eigenvalue weighted by molar-refractivity contribution is 6.42. The molecular weight excluding hydrogens is 449 g/mol. The first kappa shape index (κ1) is 23.0. The molecule has 1 aromatic heterocycles. The van der Waals surface area contributed by atoms with Crippen LogP contribution < -0.4 is 4.74 Å². The van der Waals surface area contributed by atoms with Gasteiger partial charge >= 0.3 is 0 Å². The average molecular weight is 471 g/mol. The first-order chi connectivity index (χ1) is 13.9. The highest BCUT2D eigenvalue weighted by atomic mass is 35.5. The van der Waals surface area contributed by atoms with Crippen molar-refractivity contribution in [2.75, 3.05) is 0 Å². The van der Waals surface area contributed by atoms with E-state index in [1.54, 1.807) is 39.8 Å². The number of halogens is 3. The van der Waals surface area contributed by atoms with Gasteiger partial charge in [0.2, 0.25) is 5.88 Å². The van der Waals surface area contributed by atoms with Gasteiger partial charge in [0.25, 0.3) is 0 Å². The second-order valence-corrected chi connectivity index (χ2v) is 9.32. The van der Waals surface area contributed by atoms with Crippen molar-refractivity contribution < 1.29 is 19.1 Å². The van der Waals surface area contributed by atoms with Crippen LogP contribution in [0.2, 0.25) is 15.2 Å². The van der Waals surface area contributed by atoms with Gasteiger partial charge in [-0.3, -0.25) is 9.59 Å². The molecule has 2 heterocycles. The second-order valence-electron chi connectivity index (χ2n) is 8.15. The fourth-order valence-corrected chi connectivity index (χ4v) is 4.20. The number of benzene rings is 1. The standard InChI is InChI=1S/C22H22Cl3NO4/c1-6-11-7-8-12(29-20-15(24)10-14(23)19(25)26-20)9-13(11)16-17(27)21(2,3)30-22(4,5)18(16)28/h7-10,16H,6H2,1-5H3. The van der Waals surface area contributed by atoms with Crippen molar-refractivity contribution in [2.45, 2.75) is 58.2 Å². The first-order valence-electron chi connectivity index (χ1n) is 9.48. The lowest BCUT2D eigenvalue weighted by Crippen LogP contribution is -2.58. The van der Waals surface area contributed by atoms with Crippen molar-refractivity contribution in [1.29, 1.82) is 0 Å². The third-order valence-electron chi connectivity index (χ3n) is 5.10. The molecule has 0 atom stereocenters. The number of Topliss-reactive ketones (excluding diaryl/α,β-unsaturated/α-hetero) is 2. The Morgan fingerprint density at radius 1 is 1.00 bits per heavy atom. The molecule has 0 N–H and O–H groups in total. The molecule has 1 saturated heterocycles. The summed E-state index contributed by atoms with van der Waals surface area (Å²) in [6.45, 7) is 8.69. The highest BCUT2D eigenvalue weighted by Gasteiger charge is 2.53. The zero-order valence-corrected chi connectivity index (χ0v) is 19.6. The fraction of sp³-hybridized carbons (Fsp3) is 0.409. The SMILES string of the molecule is CCc1ccc(Oc2nc(Cl)c(Cl)cc2Cl)cc1C1C(=O)C(C)(C)OC(C)(C)C1=O. The maximum Gasteiger partial charge on any atom is 0.239 e. The van der Waals surface area contributed by atoms with E-state index in [0.29, 0.717) is 17.7 Å². The number of nitrogens with zero attached hydrogens (tertiary/aromatic N) is 1. The van der Waals surface area contributed by atoms with Gasteiger partial charge in [0, 0.05) is 0 Å². The minimum absolute atomic E-state index is 0.0553. The molecule has 3 rings (SSSR count). The smallest absolute Gasteiger partial charge is 0.239 e. The molecule has 1 fully saturated rings. The van der Waals surface area contributed by atoms with Gasteiger partial charge < -0.3 is 9.47 Å². The molecule has 0 aliphatic carbocycles. The molecule has 0 saturated carbocycles. The normalized spacial score (nSPS) is 18.5. The van der Waals surface area contributed by atoms with E-state index in [4.69, 9.17) is 44.3 Å². The molecule has 0 unspecified atom stereocenters. The Bertz CT molecular complexity index is 1010. The Labute approximate surface area is 190 Å². The number of carbonyl (C=O) groups is 2. The Kier molecular flexibility index (Phi) is 6.23. The number of hydrogen-bond acceptors (Lipinski definition) is 5. The lowest BCUT2D eigenvalue weighted by atomic mass is 9.73. The number of hydrogen-bond donors (Lipinski definition) is 0. The van der Waals surface area contributed by atoms with Crippen LogP contribution in [0.4, 0.5) is 0 Å². The van der Waals surface area contributed by atoms with Crippen LogP contribution in [0.1, 0.15) is 51.7 Å². The van der Waals surface area contributed by atoms with E-state index >= 15 is 0 Å². The molecule has 0 radical (unpaired) electrons. The van der Waals surface area contributed by atoms with E-state index in [-0.39, 0.29) is 32.6 Å². The van der Waals surface area contributed by atoms with E-state index in [9.17, 15) is 9.59 Å². The summed E-state index contributed by atoms with van der Waals surface area (Å²) in [5.74, 6) is -1.09. The van der Waals surface area contributed by atoms with Gasteiger partial charge in [-0.2, -0.15) is 4.98 Å². The molecule has 160 valence electrons. The second kappa shape index (κ2) is 8.12. The van der Waals surface area contributed by atoms with Gasteiger partial charge in [-0.15, -0.1) is 0 Å². The summed E-state index contributed by atoms with van der Waals surface area (Å²) in [6, 6.07) is 6.67. The largest absolute Gasteiger partial charge is 0.437 e. The average Bonchev–Trinajstić information content (AvgIpc) is 2.64. The fourth-order valence-electron chi connectivity index (χ4n) is 3.67. The lowest BCUT2D eigenvalue weighted by molar-refractivity contribution is -0.184. The van der Waals surface area contributed by atoms with Gasteiger partial charge in [-0.25, -0.2) is 0 Å². The Morgan fingerprint density at radius 3 is 2.17 bits per heavy atom. The van der Waals surface area contributed by atoms with Gasteiger partial charge in [0.1, 0.15) is 27.9 Å². The summed E-state index contributed by atoms with van der Waals surface area (Å²) >= 11 is 18.1. The maximum atomic E-state index is 13.2. The van der Waals surface area contributed by atoms with Crippen LogP contribution >= 0.6 is 34.8 Å². The lowest BCUT2D eigenvalue weighted by Gasteiger charge is -2.43. The molecule has 30 heavy (non-hydrogen) atoms. The Hall–Kier alpha value is -1.66. The van der Waals surface area contributed by atoms with Crippen LogP contribution in [0.3, 0.4) is 0 Å². The van der Waals surface area contributed by atoms with Crippen molar-refractivity contribution in [1.82, 2.24) is 4.98 Å². The molecule has 2 aromatic rings. The van der Waals surface area contributed by atoms with Gasteiger partial charge in [-0.05, 0) is 63.4 Å².